The average molecular weight is 267 g/mol. The molecule has 2 rings (SSSR count). The van der Waals surface area contributed by atoms with Crippen LogP contribution in [0.1, 0.15) is 0 Å². The maximum absolute atomic E-state index is 11.4. The summed E-state index contributed by atoms with van der Waals surface area (Å²) >= 11 is 1.41. The van der Waals surface area contributed by atoms with Crippen molar-refractivity contribution >= 4 is 36.0 Å². The van der Waals surface area contributed by atoms with E-state index in [1.807, 2.05) is 0 Å². The van der Waals surface area contributed by atoms with Gasteiger partial charge in [-0.05, 0) is 0 Å². The lowest BCUT2D eigenvalue weighted by molar-refractivity contribution is -0.148. The lowest BCUT2D eigenvalue weighted by Gasteiger charge is -2.47. The number of carbonyl (C=O) groups excluding carboxylic acids is 1. The predicted octanol–water partition coefficient (Wildman–Crippen LogP) is -0.407. The minimum absolute atomic E-state index is 0. The maximum atomic E-state index is 11.4. The van der Waals surface area contributed by atoms with Crippen molar-refractivity contribution in [2.24, 2.45) is 5.73 Å². The first kappa shape index (κ1) is 13.1. The summed E-state index contributed by atoms with van der Waals surface area (Å²) in [7, 11) is 1.39. The first-order valence-corrected chi connectivity index (χ1v) is 5.33. The summed E-state index contributed by atoms with van der Waals surface area (Å²) in [5.41, 5.74) is 5.48. The van der Waals surface area contributed by atoms with Gasteiger partial charge in [-0.3, -0.25) is 9.69 Å². The number of aliphatic carboxylic acids is 1. The number of nitrogens with two attached hydrogens (primary N) is 1. The molecular formula is C8H11ClN2O4S. The van der Waals surface area contributed by atoms with Crippen LogP contribution in [0.25, 0.3) is 0 Å². The van der Waals surface area contributed by atoms with Crippen LogP contribution in [-0.4, -0.2) is 46.2 Å². The number of ether oxygens (including phenoxy) is 1. The average Bonchev–Trinajstić information content (AvgIpc) is 2.25. The molecule has 0 spiro atoms. The van der Waals surface area contributed by atoms with Gasteiger partial charge < -0.3 is 15.6 Å². The van der Waals surface area contributed by atoms with Crippen LogP contribution in [0.15, 0.2) is 11.5 Å². The third-order valence-corrected chi connectivity index (χ3v) is 3.70. The van der Waals surface area contributed by atoms with Crippen molar-refractivity contribution in [1.82, 2.24) is 4.90 Å². The van der Waals surface area contributed by atoms with Crippen LogP contribution in [0.5, 0.6) is 0 Å². The number of hydrogen-bond acceptors (Lipinski definition) is 5. The normalized spacial score (nSPS) is 27.9. The molecule has 0 aliphatic carbocycles. The van der Waals surface area contributed by atoms with Crippen LogP contribution in [0.3, 0.4) is 0 Å². The molecule has 3 N–H and O–H groups in total. The molecule has 1 amide bonds. The van der Waals surface area contributed by atoms with Crippen molar-refractivity contribution in [1.29, 1.82) is 0 Å². The minimum Gasteiger partial charge on any atom is -0.498 e. The van der Waals surface area contributed by atoms with E-state index in [1.54, 1.807) is 0 Å². The van der Waals surface area contributed by atoms with Crippen molar-refractivity contribution in [2.45, 2.75) is 11.4 Å². The molecular weight excluding hydrogens is 256 g/mol. The number of amides is 1. The first-order valence-electron chi connectivity index (χ1n) is 4.28. The molecule has 16 heavy (non-hydrogen) atoms. The standard InChI is InChI=1S/C8H10N2O4S.ClH/c1-14-3-2-15-7-4(9)6(11)10(7)5(3)8(12)13;/h4,7H,2,9H2,1H3,(H,12,13);1H/t4-,7-;/m1./s1. The number of carbonyl (C=O) groups is 2. The van der Waals surface area contributed by atoms with Crippen LogP contribution in [0.4, 0.5) is 0 Å². The third-order valence-electron chi connectivity index (χ3n) is 2.42. The smallest absolute Gasteiger partial charge is 0.356 e. The van der Waals surface area contributed by atoms with E-state index >= 15 is 0 Å². The largest absolute Gasteiger partial charge is 0.498 e. The van der Waals surface area contributed by atoms with Gasteiger partial charge in [-0.15, -0.1) is 24.2 Å². The van der Waals surface area contributed by atoms with Crippen molar-refractivity contribution in [3.63, 3.8) is 0 Å². The van der Waals surface area contributed by atoms with Gasteiger partial charge in [0.1, 0.15) is 17.2 Å². The van der Waals surface area contributed by atoms with E-state index in [4.69, 9.17) is 15.6 Å². The van der Waals surface area contributed by atoms with E-state index in [1.165, 1.54) is 23.8 Å². The van der Waals surface area contributed by atoms with Crippen LogP contribution in [-0.2, 0) is 14.3 Å². The molecule has 2 atom stereocenters. The van der Waals surface area contributed by atoms with Crippen molar-refractivity contribution < 1.29 is 19.4 Å². The molecule has 0 unspecified atom stereocenters. The van der Waals surface area contributed by atoms with Crippen LogP contribution in [0, 0.1) is 0 Å². The molecule has 2 aliphatic heterocycles. The van der Waals surface area contributed by atoms with Crippen molar-refractivity contribution in [2.75, 3.05) is 12.9 Å². The quantitative estimate of drug-likeness (QED) is 0.660. The Bertz CT molecular complexity index is 373. The Labute approximate surface area is 102 Å². The number of rotatable bonds is 2. The summed E-state index contributed by atoms with van der Waals surface area (Å²) < 4.78 is 4.94. The second-order valence-corrected chi connectivity index (χ2v) is 4.32. The zero-order chi connectivity index (χ0) is 11.2. The highest BCUT2D eigenvalue weighted by Crippen LogP contribution is 2.39. The zero-order valence-corrected chi connectivity index (χ0v) is 10.0. The molecule has 0 radical (unpaired) electrons. The molecule has 0 aromatic carbocycles. The van der Waals surface area contributed by atoms with Crippen LogP contribution >= 0.6 is 24.2 Å². The SMILES string of the molecule is COC1=C(C(=O)O)N2C(=O)[C@@H](N)[C@H]2SC1.Cl. The fourth-order valence-electron chi connectivity index (χ4n) is 1.64. The number of thioether (sulfide) groups is 1. The van der Waals surface area contributed by atoms with E-state index in [0.29, 0.717) is 11.5 Å². The molecule has 2 heterocycles. The lowest BCUT2D eigenvalue weighted by atomic mass is 10.1. The summed E-state index contributed by atoms with van der Waals surface area (Å²) in [5, 5.41) is 8.72. The summed E-state index contributed by atoms with van der Waals surface area (Å²) in [6.45, 7) is 0. The number of β-lactam (4-membered cyclic amide) rings is 1. The Hall–Kier alpha value is -0.920. The Morgan fingerprint density at radius 3 is 2.81 bits per heavy atom. The molecule has 8 heteroatoms. The Morgan fingerprint density at radius 2 is 2.31 bits per heavy atom. The molecule has 6 nitrogen and oxygen atoms in total. The molecule has 90 valence electrons. The number of carboxylic acids is 1. The van der Waals surface area contributed by atoms with Gasteiger partial charge in [-0.25, -0.2) is 4.79 Å². The van der Waals surface area contributed by atoms with Gasteiger partial charge in [-0.2, -0.15) is 0 Å². The van der Waals surface area contributed by atoms with Gasteiger partial charge in [0.2, 0.25) is 5.91 Å². The molecule has 0 saturated carbocycles. The van der Waals surface area contributed by atoms with Gasteiger partial charge >= 0.3 is 5.97 Å². The highest BCUT2D eigenvalue weighted by atomic mass is 35.5. The number of fused-ring (bicyclic) bond motifs is 1. The molecule has 1 saturated heterocycles. The number of nitrogens with zero attached hydrogens (tertiary/aromatic N) is 1. The minimum atomic E-state index is -1.16. The van der Waals surface area contributed by atoms with E-state index in [0.717, 1.165) is 0 Å². The van der Waals surface area contributed by atoms with Gasteiger partial charge in [0.15, 0.2) is 5.70 Å². The molecule has 0 aromatic rings. The second-order valence-electron chi connectivity index (χ2n) is 3.22. The monoisotopic (exact) mass is 266 g/mol. The van der Waals surface area contributed by atoms with Gasteiger partial charge in [0.25, 0.3) is 0 Å². The molecule has 0 bridgehead atoms. The lowest BCUT2D eigenvalue weighted by Crippen LogP contribution is -2.68. The topological polar surface area (TPSA) is 92.9 Å². The maximum Gasteiger partial charge on any atom is 0.356 e. The van der Waals surface area contributed by atoms with E-state index in [9.17, 15) is 9.59 Å². The first-order chi connectivity index (χ1) is 7.07. The number of halogens is 1. The van der Waals surface area contributed by atoms with Gasteiger partial charge in [0.05, 0.1) is 12.9 Å². The number of methoxy groups -OCH3 is 1. The highest BCUT2D eigenvalue weighted by Gasteiger charge is 2.52. The Balaban J connectivity index is 0.00000128. The summed E-state index contributed by atoms with van der Waals surface area (Å²) in [6, 6.07) is -0.595. The molecule has 1 fully saturated rings. The molecule has 0 aromatic heterocycles. The fraction of sp³-hybridized carbons (Fsp3) is 0.500. The second kappa shape index (κ2) is 4.52. The summed E-state index contributed by atoms with van der Waals surface area (Å²) in [4.78, 5) is 23.6. The summed E-state index contributed by atoms with van der Waals surface area (Å²) in [5.74, 6) is -0.777. The molecule has 2 aliphatic rings. The predicted molar refractivity (Wildman–Crippen MR) is 60.0 cm³/mol. The Morgan fingerprint density at radius 1 is 1.69 bits per heavy atom. The number of hydrogen-bond donors (Lipinski definition) is 2. The van der Waals surface area contributed by atoms with E-state index in [-0.39, 0.29) is 29.4 Å². The highest BCUT2D eigenvalue weighted by molar-refractivity contribution is 8.00. The van der Waals surface area contributed by atoms with Crippen molar-refractivity contribution in [3.8, 4) is 0 Å². The van der Waals surface area contributed by atoms with Gasteiger partial charge in [0, 0.05) is 0 Å². The van der Waals surface area contributed by atoms with E-state index in [2.05, 4.69) is 0 Å². The number of carboxylic acid groups (broad SMARTS) is 1. The van der Waals surface area contributed by atoms with Crippen molar-refractivity contribution in [3.05, 3.63) is 11.5 Å². The Kier molecular flexibility index (Phi) is 3.72. The van der Waals surface area contributed by atoms with Crippen LogP contribution in [0.2, 0.25) is 0 Å². The zero-order valence-electron chi connectivity index (χ0n) is 8.37. The fourth-order valence-corrected chi connectivity index (χ4v) is 2.90. The van der Waals surface area contributed by atoms with Gasteiger partial charge in [-0.1, -0.05) is 0 Å². The van der Waals surface area contributed by atoms with E-state index < -0.39 is 12.0 Å². The summed E-state index contributed by atoms with van der Waals surface area (Å²) in [6.07, 6.45) is 0. The third kappa shape index (κ3) is 1.64. The van der Waals surface area contributed by atoms with Crippen LogP contribution < -0.4 is 5.73 Å².